The highest BCUT2D eigenvalue weighted by molar-refractivity contribution is 5.82. The van der Waals surface area contributed by atoms with Crippen LogP contribution in [0.3, 0.4) is 0 Å². The minimum Gasteiger partial charge on any atom is -0.340 e. The smallest absolute Gasteiger partial charge is 0.239 e. The minimum absolute atomic E-state index is 0.0731. The second-order valence-electron chi connectivity index (χ2n) is 6.58. The Morgan fingerprint density at radius 1 is 1.04 bits per heavy atom. The van der Waals surface area contributed by atoms with Crippen LogP contribution in [0.2, 0.25) is 0 Å². The summed E-state index contributed by atoms with van der Waals surface area (Å²) in [6.07, 6.45) is 1.80. The van der Waals surface area contributed by atoms with Crippen molar-refractivity contribution in [1.29, 1.82) is 0 Å². The van der Waals surface area contributed by atoms with Crippen molar-refractivity contribution in [2.45, 2.75) is 32.0 Å². The van der Waals surface area contributed by atoms with Gasteiger partial charge < -0.3 is 4.90 Å². The van der Waals surface area contributed by atoms with Gasteiger partial charge in [0.2, 0.25) is 5.91 Å². The second kappa shape index (κ2) is 7.74. The Morgan fingerprint density at radius 2 is 1.60 bits per heavy atom. The number of halogens is 2. The summed E-state index contributed by atoms with van der Waals surface area (Å²) < 4.78 is 26.0. The van der Waals surface area contributed by atoms with Crippen LogP contribution in [0.25, 0.3) is 0 Å². The van der Waals surface area contributed by atoms with E-state index in [1.165, 1.54) is 24.3 Å². The van der Waals surface area contributed by atoms with Gasteiger partial charge >= 0.3 is 0 Å². The number of carbonyl (C=O) groups excluding carboxylic acids is 1. The van der Waals surface area contributed by atoms with Crippen LogP contribution in [-0.4, -0.2) is 35.3 Å². The van der Waals surface area contributed by atoms with Gasteiger partial charge in [-0.25, -0.2) is 8.78 Å². The Kier molecular flexibility index (Phi) is 5.43. The van der Waals surface area contributed by atoms with E-state index in [4.69, 9.17) is 0 Å². The number of carbonyl (C=O) groups is 1. The summed E-state index contributed by atoms with van der Waals surface area (Å²) in [6, 6.07) is 12.5. The summed E-state index contributed by atoms with van der Waals surface area (Å²) in [7, 11) is 1.78. The van der Waals surface area contributed by atoms with Gasteiger partial charge in [-0.15, -0.1) is 0 Å². The highest BCUT2D eigenvalue weighted by Gasteiger charge is 2.32. The van der Waals surface area contributed by atoms with E-state index >= 15 is 0 Å². The van der Waals surface area contributed by atoms with Crippen LogP contribution < -0.4 is 0 Å². The molecule has 2 aromatic carbocycles. The highest BCUT2D eigenvalue weighted by Crippen LogP contribution is 2.22. The largest absolute Gasteiger partial charge is 0.340 e. The van der Waals surface area contributed by atoms with Crippen LogP contribution in [0.15, 0.2) is 48.5 Å². The highest BCUT2D eigenvalue weighted by atomic mass is 19.1. The molecule has 0 aromatic heterocycles. The van der Waals surface area contributed by atoms with Crippen molar-refractivity contribution in [3.05, 3.63) is 71.3 Å². The van der Waals surface area contributed by atoms with Crippen LogP contribution in [0.4, 0.5) is 8.78 Å². The predicted octanol–water partition coefficient (Wildman–Crippen LogP) is 3.59. The maximum atomic E-state index is 13.0. The molecule has 0 aliphatic carbocycles. The molecular formula is C20H22F2N2O. The van der Waals surface area contributed by atoms with Gasteiger partial charge in [0, 0.05) is 20.1 Å². The van der Waals surface area contributed by atoms with Crippen LogP contribution in [0, 0.1) is 11.6 Å². The van der Waals surface area contributed by atoms with Crippen molar-refractivity contribution in [3.8, 4) is 0 Å². The Hall–Kier alpha value is -2.27. The molecule has 1 aliphatic heterocycles. The number of nitrogens with zero attached hydrogens (tertiary/aromatic N) is 2. The first-order chi connectivity index (χ1) is 12.0. The van der Waals surface area contributed by atoms with E-state index in [9.17, 15) is 13.6 Å². The van der Waals surface area contributed by atoms with E-state index in [2.05, 4.69) is 4.90 Å². The van der Waals surface area contributed by atoms with Crippen LogP contribution in [0.5, 0.6) is 0 Å². The second-order valence-corrected chi connectivity index (χ2v) is 6.58. The fourth-order valence-electron chi connectivity index (χ4n) is 3.32. The predicted molar refractivity (Wildman–Crippen MR) is 92.7 cm³/mol. The fourth-order valence-corrected chi connectivity index (χ4v) is 3.32. The molecule has 3 rings (SSSR count). The van der Waals surface area contributed by atoms with Crippen molar-refractivity contribution in [3.63, 3.8) is 0 Å². The van der Waals surface area contributed by atoms with Crippen molar-refractivity contribution >= 4 is 5.91 Å². The molecule has 1 heterocycles. The third kappa shape index (κ3) is 4.42. The maximum Gasteiger partial charge on any atom is 0.239 e. The minimum atomic E-state index is -0.279. The van der Waals surface area contributed by atoms with Crippen molar-refractivity contribution < 1.29 is 13.6 Å². The standard InChI is InChI=1S/C20H22F2N2O/c1-23(13-15-4-8-17(21)9-5-15)20(25)19-3-2-12-24(19)14-16-6-10-18(22)11-7-16/h4-11,19H,2-3,12-14H2,1H3. The van der Waals surface area contributed by atoms with E-state index < -0.39 is 0 Å². The molecule has 0 N–H and O–H groups in total. The zero-order chi connectivity index (χ0) is 17.8. The first-order valence-corrected chi connectivity index (χ1v) is 8.51. The third-order valence-corrected chi connectivity index (χ3v) is 4.66. The molecule has 1 fully saturated rings. The lowest BCUT2D eigenvalue weighted by Gasteiger charge is -2.28. The molecule has 25 heavy (non-hydrogen) atoms. The quantitative estimate of drug-likeness (QED) is 0.828. The summed E-state index contributed by atoms with van der Waals surface area (Å²) in [5, 5.41) is 0. The van der Waals surface area contributed by atoms with Crippen LogP contribution in [-0.2, 0) is 17.9 Å². The number of benzene rings is 2. The molecule has 0 bridgehead atoms. The molecule has 1 atom stereocenters. The molecule has 1 unspecified atom stereocenters. The van der Waals surface area contributed by atoms with E-state index in [1.807, 2.05) is 0 Å². The number of amides is 1. The zero-order valence-corrected chi connectivity index (χ0v) is 14.3. The van der Waals surface area contributed by atoms with Crippen molar-refractivity contribution in [1.82, 2.24) is 9.80 Å². The molecule has 2 aromatic rings. The molecule has 132 valence electrons. The Balaban J connectivity index is 1.63. The molecule has 0 saturated carbocycles. The maximum absolute atomic E-state index is 13.0. The van der Waals surface area contributed by atoms with E-state index in [0.717, 1.165) is 30.5 Å². The molecule has 0 radical (unpaired) electrons. The van der Waals surface area contributed by atoms with Crippen molar-refractivity contribution in [2.24, 2.45) is 0 Å². The Morgan fingerprint density at radius 3 is 2.20 bits per heavy atom. The summed E-state index contributed by atoms with van der Waals surface area (Å²) in [6.45, 7) is 1.96. The summed E-state index contributed by atoms with van der Waals surface area (Å²) >= 11 is 0. The molecule has 1 aliphatic rings. The lowest BCUT2D eigenvalue weighted by Crippen LogP contribution is -2.43. The Bertz CT molecular complexity index is 715. The molecule has 1 saturated heterocycles. The van der Waals surface area contributed by atoms with Gasteiger partial charge in [-0.3, -0.25) is 9.69 Å². The Labute approximate surface area is 146 Å². The van der Waals surface area contributed by atoms with Gasteiger partial charge in [-0.05, 0) is 54.8 Å². The average Bonchev–Trinajstić information content (AvgIpc) is 3.06. The SMILES string of the molecule is CN(Cc1ccc(F)cc1)C(=O)C1CCCN1Cc1ccc(F)cc1. The van der Waals surface area contributed by atoms with Gasteiger partial charge in [-0.2, -0.15) is 0 Å². The van der Waals surface area contributed by atoms with Gasteiger partial charge in [0.25, 0.3) is 0 Å². The topological polar surface area (TPSA) is 23.6 Å². The van der Waals surface area contributed by atoms with Gasteiger partial charge in [0.1, 0.15) is 11.6 Å². The summed E-state index contributed by atoms with van der Waals surface area (Å²) in [4.78, 5) is 16.7. The number of hydrogen-bond acceptors (Lipinski definition) is 2. The molecule has 5 heteroatoms. The van der Waals surface area contributed by atoms with Gasteiger partial charge in [0.05, 0.1) is 6.04 Å². The number of rotatable bonds is 5. The summed E-state index contributed by atoms with van der Waals surface area (Å²) in [5.74, 6) is -0.459. The van der Waals surface area contributed by atoms with E-state index in [0.29, 0.717) is 13.1 Å². The molecule has 0 spiro atoms. The number of hydrogen-bond donors (Lipinski definition) is 0. The van der Waals surface area contributed by atoms with E-state index in [-0.39, 0.29) is 23.6 Å². The first kappa shape index (κ1) is 17.5. The lowest BCUT2D eigenvalue weighted by molar-refractivity contribution is -0.135. The summed E-state index contributed by atoms with van der Waals surface area (Å²) in [5.41, 5.74) is 1.91. The fraction of sp³-hybridized carbons (Fsp3) is 0.350. The molecular weight excluding hydrogens is 322 g/mol. The van der Waals surface area contributed by atoms with Gasteiger partial charge in [0.15, 0.2) is 0 Å². The lowest BCUT2D eigenvalue weighted by atomic mass is 10.1. The number of likely N-dealkylation sites (N-methyl/N-ethyl adjacent to an activating group) is 1. The van der Waals surface area contributed by atoms with Crippen molar-refractivity contribution in [2.75, 3.05) is 13.6 Å². The monoisotopic (exact) mass is 344 g/mol. The van der Waals surface area contributed by atoms with Crippen LogP contribution >= 0.6 is 0 Å². The van der Waals surface area contributed by atoms with Gasteiger partial charge in [-0.1, -0.05) is 24.3 Å². The molecule has 3 nitrogen and oxygen atoms in total. The average molecular weight is 344 g/mol. The third-order valence-electron chi connectivity index (χ3n) is 4.66. The first-order valence-electron chi connectivity index (χ1n) is 8.51. The zero-order valence-electron chi connectivity index (χ0n) is 14.3. The normalized spacial score (nSPS) is 17.6. The van der Waals surface area contributed by atoms with E-state index in [1.54, 1.807) is 36.2 Å². The van der Waals surface area contributed by atoms with Crippen LogP contribution in [0.1, 0.15) is 24.0 Å². The number of likely N-dealkylation sites (tertiary alicyclic amines) is 1. The molecule has 1 amide bonds.